The van der Waals surface area contributed by atoms with Crippen LogP contribution in [0.2, 0.25) is 0 Å². The molecule has 0 aromatic carbocycles. The zero-order chi connectivity index (χ0) is 10.8. The molecule has 0 aromatic rings. The second kappa shape index (κ2) is 8.62. The molecule has 0 fully saturated rings. The highest BCUT2D eigenvalue weighted by Gasteiger charge is 2.05. The summed E-state index contributed by atoms with van der Waals surface area (Å²) in [5.41, 5.74) is 0. The lowest BCUT2D eigenvalue weighted by atomic mass is 10.1. The summed E-state index contributed by atoms with van der Waals surface area (Å²) >= 11 is 0. The van der Waals surface area contributed by atoms with Gasteiger partial charge in [0.25, 0.3) is 0 Å². The summed E-state index contributed by atoms with van der Waals surface area (Å²) in [6.07, 6.45) is 9.61. The fourth-order valence-corrected chi connectivity index (χ4v) is 1.11. The highest BCUT2D eigenvalue weighted by atomic mass is 16.1. The Hall–Kier alpha value is -0.970. The lowest BCUT2D eigenvalue weighted by molar-refractivity contribution is -0.121. The zero-order valence-corrected chi connectivity index (χ0v) is 9.31. The molecule has 80 valence electrons. The minimum atomic E-state index is 0.167. The molecule has 1 unspecified atom stereocenters. The molecule has 0 bridgehead atoms. The van der Waals surface area contributed by atoms with Crippen LogP contribution in [-0.2, 0) is 4.79 Å². The summed E-state index contributed by atoms with van der Waals surface area (Å²) < 4.78 is 0. The second-order valence-electron chi connectivity index (χ2n) is 3.73. The molecule has 0 rings (SSSR count). The van der Waals surface area contributed by atoms with Gasteiger partial charge in [0.2, 0.25) is 5.91 Å². The third-order valence-electron chi connectivity index (χ3n) is 2.30. The van der Waals surface area contributed by atoms with E-state index in [1.165, 1.54) is 0 Å². The van der Waals surface area contributed by atoms with E-state index in [1.54, 1.807) is 0 Å². The maximum absolute atomic E-state index is 11.3. The van der Waals surface area contributed by atoms with Crippen molar-refractivity contribution in [3.05, 3.63) is 0 Å². The molecule has 14 heavy (non-hydrogen) atoms. The maximum atomic E-state index is 11.3. The number of hydrogen-bond donors (Lipinski definition) is 1. The van der Waals surface area contributed by atoms with Gasteiger partial charge in [0.1, 0.15) is 0 Å². The van der Waals surface area contributed by atoms with Crippen molar-refractivity contribution in [1.29, 1.82) is 0 Å². The SMILES string of the molecule is C#CCCCCNC(=O)CC(C)CC. The van der Waals surface area contributed by atoms with Crippen molar-refractivity contribution in [3.63, 3.8) is 0 Å². The van der Waals surface area contributed by atoms with E-state index in [2.05, 4.69) is 25.1 Å². The monoisotopic (exact) mass is 195 g/mol. The fourth-order valence-electron chi connectivity index (χ4n) is 1.11. The van der Waals surface area contributed by atoms with Gasteiger partial charge in [-0.25, -0.2) is 0 Å². The molecule has 0 saturated carbocycles. The highest BCUT2D eigenvalue weighted by Crippen LogP contribution is 2.05. The Morgan fingerprint density at radius 1 is 1.50 bits per heavy atom. The van der Waals surface area contributed by atoms with Gasteiger partial charge in [-0.1, -0.05) is 20.3 Å². The molecular weight excluding hydrogens is 174 g/mol. The van der Waals surface area contributed by atoms with Gasteiger partial charge in [0.05, 0.1) is 0 Å². The van der Waals surface area contributed by atoms with Crippen LogP contribution in [-0.4, -0.2) is 12.5 Å². The molecule has 0 spiro atoms. The van der Waals surface area contributed by atoms with Gasteiger partial charge >= 0.3 is 0 Å². The molecule has 1 amide bonds. The zero-order valence-electron chi connectivity index (χ0n) is 9.31. The van der Waals surface area contributed by atoms with Crippen LogP contribution in [0.15, 0.2) is 0 Å². The number of unbranched alkanes of at least 4 members (excludes halogenated alkanes) is 2. The molecule has 2 heteroatoms. The first-order valence-electron chi connectivity index (χ1n) is 5.40. The Labute approximate surface area is 87.5 Å². The van der Waals surface area contributed by atoms with E-state index >= 15 is 0 Å². The van der Waals surface area contributed by atoms with Crippen LogP contribution in [0.3, 0.4) is 0 Å². The topological polar surface area (TPSA) is 29.1 Å². The average molecular weight is 195 g/mol. The fraction of sp³-hybridized carbons (Fsp3) is 0.750. The van der Waals surface area contributed by atoms with Gasteiger partial charge in [0.15, 0.2) is 0 Å². The quantitative estimate of drug-likeness (QED) is 0.490. The molecule has 1 N–H and O–H groups in total. The van der Waals surface area contributed by atoms with Gasteiger partial charge in [-0.15, -0.1) is 12.3 Å². The molecule has 1 atom stereocenters. The smallest absolute Gasteiger partial charge is 0.220 e. The van der Waals surface area contributed by atoms with Crippen LogP contribution in [0.25, 0.3) is 0 Å². The van der Waals surface area contributed by atoms with Crippen LogP contribution >= 0.6 is 0 Å². The molecule has 0 saturated heterocycles. The first-order chi connectivity index (χ1) is 6.70. The van der Waals surface area contributed by atoms with Crippen molar-refractivity contribution >= 4 is 5.91 Å². The van der Waals surface area contributed by atoms with Crippen molar-refractivity contribution in [2.24, 2.45) is 5.92 Å². The normalized spacial score (nSPS) is 11.8. The Morgan fingerprint density at radius 3 is 2.79 bits per heavy atom. The maximum Gasteiger partial charge on any atom is 0.220 e. The molecular formula is C12H21NO. The van der Waals surface area contributed by atoms with Crippen LogP contribution in [0.4, 0.5) is 0 Å². The third kappa shape index (κ3) is 7.67. The van der Waals surface area contributed by atoms with Crippen LogP contribution < -0.4 is 5.32 Å². The van der Waals surface area contributed by atoms with E-state index in [4.69, 9.17) is 6.42 Å². The molecule has 0 aliphatic rings. The van der Waals surface area contributed by atoms with Crippen molar-refractivity contribution in [2.45, 2.75) is 46.0 Å². The molecule has 0 radical (unpaired) electrons. The van der Waals surface area contributed by atoms with Gasteiger partial charge in [-0.2, -0.15) is 0 Å². The predicted molar refractivity (Wildman–Crippen MR) is 59.8 cm³/mol. The second-order valence-corrected chi connectivity index (χ2v) is 3.73. The van der Waals surface area contributed by atoms with Gasteiger partial charge in [-0.05, 0) is 18.8 Å². The van der Waals surface area contributed by atoms with E-state index < -0.39 is 0 Å². The Kier molecular flexibility index (Phi) is 8.02. The summed E-state index contributed by atoms with van der Waals surface area (Å²) in [6, 6.07) is 0. The van der Waals surface area contributed by atoms with Crippen LogP contribution in [0.1, 0.15) is 46.0 Å². The van der Waals surface area contributed by atoms with Crippen molar-refractivity contribution < 1.29 is 4.79 Å². The van der Waals surface area contributed by atoms with E-state index in [0.29, 0.717) is 12.3 Å². The number of nitrogens with one attached hydrogen (secondary N) is 1. The predicted octanol–water partition coefficient (Wildman–Crippen LogP) is 2.34. The summed E-state index contributed by atoms with van der Waals surface area (Å²) in [5, 5.41) is 2.90. The highest BCUT2D eigenvalue weighted by molar-refractivity contribution is 5.76. The number of hydrogen-bond acceptors (Lipinski definition) is 1. The Balaban J connectivity index is 3.32. The average Bonchev–Trinajstić information content (AvgIpc) is 2.17. The van der Waals surface area contributed by atoms with E-state index in [9.17, 15) is 4.79 Å². The summed E-state index contributed by atoms with van der Waals surface area (Å²) in [4.78, 5) is 11.3. The van der Waals surface area contributed by atoms with E-state index in [1.807, 2.05) is 0 Å². The van der Waals surface area contributed by atoms with Gasteiger partial charge < -0.3 is 5.32 Å². The van der Waals surface area contributed by atoms with Crippen LogP contribution in [0, 0.1) is 18.3 Å². The largest absolute Gasteiger partial charge is 0.356 e. The first-order valence-corrected chi connectivity index (χ1v) is 5.40. The lowest BCUT2D eigenvalue weighted by Gasteiger charge is -2.08. The summed E-state index contributed by atoms with van der Waals surface area (Å²) in [6.45, 7) is 4.96. The molecule has 0 aromatic heterocycles. The van der Waals surface area contributed by atoms with Crippen LogP contribution in [0.5, 0.6) is 0 Å². The number of carbonyl (C=O) groups is 1. The lowest BCUT2D eigenvalue weighted by Crippen LogP contribution is -2.25. The first kappa shape index (κ1) is 13.0. The Morgan fingerprint density at radius 2 is 2.21 bits per heavy atom. The van der Waals surface area contributed by atoms with Crippen molar-refractivity contribution in [3.8, 4) is 12.3 Å². The standard InChI is InChI=1S/C12H21NO/c1-4-6-7-8-9-13-12(14)10-11(3)5-2/h1,11H,5-10H2,2-3H3,(H,13,14). The minimum absolute atomic E-state index is 0.167. The van der Waals surface area contributed by atoms with E-state index in [-0.39, 0.29) is 5.91 Å². The number of terminal acetylenes is 1. The van der Waals surface area contributed by atoms with Crippen molar-refractivity contribution in [1.82, 2.24) is 5.32 Å². The Bertz CT molecular complexity index is 193. The van der Waals surface area contributed by atoms with E-state index in [0.717, 1.165) is 32.2 Å². The van der Waals surface area contributed by atoms with Crippen molar-refractivity contribution in [2.75, 3.05) is 6.54 Å². The number of rotatable bonds is 7. The number of carbonyl (C=O) groups excluding carboxylic acids is 1. The van der Waals surface area contributed by atoms with Gasteiger partial charge in [0, 0.05) is 19.4 Å². The molecule has 0 aliphatic carbocycles. The summed E-state index contributed by atoms with van der Waals surface area (Å²) in [5.74, 6) is 3.24. The minimum Gasteiger partial charge on any atom is -0.356 e. The molecule has 2 nitrogen and oxygen atoms in total. The summed E-state index contributed by atoms with van der Waals surface area (Å²) in [7, 11) is 0. The molecule has 0 heterocycles. The third-order valence-corrected chi connectivity index (χ3v) is 2.30. The number of amides is 1. The van der Waals surface area contributed by atoms with Gasteiger partial charge in [-0.3, -0.25) is 4.79 Å². The molecule has 0 aliphatic heterocycles.